The summed E-state index contributed by atoms with van der Waals surface area (Å²) in [5, 5.41) is 6.98. The number of aromatic nitrogens is 4. The maximum Gasteiger partial charge on any atom is 0.167 e. The largest absolute Gasteiger partial charge is 0.453 e. The number of benzene rings is 7. The lowest BCUT2D eigenvalue weighted by Gasteiger charge is -2.09. The number of thiophene rings is 1. The van der Waals surface area contributed by atoms with E-state index in [-0.39, 0.29) is 0 Å². The van der Waals surface area contributed by atoms with E-state index in [1.807, 2.05) is 36.4 Å². The Bertz CT molecular complexity index is 3100. The molecule has 0 saturated carbocycles. The van der Waals surface area contributed by atoms with Gasteiger partial charge in [-0.3, -0.25) is 0 Å². The highest BCUT2D eigenvalue weighted by Gasteiger charge is 2.21. The monoisotopic (exact) mass is 670 g/mol. The maximum atomic E-state index is 6.95. The van der Waals surface area contributed by atoms with Crippen LogP contribution in [-0.4, -0.2) is 19.5 Å². The first-order valence-corrected chi connectivity index (χ1v) is 17.8. The minimum atomic E-state index is 0.568. The fourth-order valence-electron chi connectivity index (χ4n) is 7.55. The molecule has 238 valence electrons. The molecule has 0 radical (unpaired) electrons. The molecule has 6 heteroatoms. The molecule has 5 nitrogen and oxygen atoms in total. The molecule has 51 heavy (non-hydrogen) atoms. The number of rotatable bonds is 4. The Morgan fingerprint density at radius 3 is 1.78 bits per heavy atom. The fraction of sp³-hybridized carbons (Fsp3) is 0. The first-order valence-electron chi connectivity index (χ1n) is 16.9. The Morgan fingerprint density at radius 2 is 1.00 bits per heavy atom. The van der Waals surface area contributed by atoms with Crippen molar-refractivity contribution in [3.8, 4) is 39.9 Å². The van der Waals surface area contributed by atoms with E-state index in [2.05, 4.69) is 126 Å². The quantitative estimate of drug-likeness (QED) is 0.187. The van der Waals surface area contributed by atoms with Gasteiger partial charge in [0.1, 0.15) is 5.58 Å². The van der Waals surface area contributed by atoms with Crippen molar-refractivity contribution in [3.63, 3.8) is 0 Å². The lowest BCUT2D eigenvalue weighted by molar-refractivity contribution is 0.667. The summed E-state index contributed by atoms with van der Waals surface area (Å²) < 4.78 is 11.7. The van der Waals surface area contributed by atoms with E-state index in [4.69, 9.17) is 19.4 Å². The Kier molecular flexibility index (Phi) is 6.05. The predicted molar refractivity (Wildman–Crippen MR) is 211 cm³/mol. The molecule has 7 aromatic carbocycles. The lowest BCUT2D eigenvalue weighted by atomic mass is 10.1. The van der Waals surface area contributed by atoms with Crippen molar-refractivity contribution >= 4 is 75.3 Å². The summed E-state index contributed by atoms with van der Waals surface area (Å²) in [7, 11) is 0. The number of furan rings is 1. The maximum absolute atomic E-state index is 6.95. The smallest absolute Gasteiger partial charge is 0.167 e. The molecule has 0 unspecified atom stereocenters. The predicted octanol–water partition coefficient (Wildman–Crippen LogP) is 12.2. The van der Waals surface area contributed by atoms with E-state index < -0.39 is 0 Å². The van der Waals surface area contributed by atoms with Crippen LogP contribution in [0.3, 0.4) is 0 Å². The van der Waals surface area contributed by atoms with Crippen molar-refractivity contribution in [3.05, 3.63) is 158 Å². The summed E-state index contributed by atoms with van der Waals surface area (Å²) in [6, 6.07) is 54.9. The molecule has 0 atom stereocenters. The van der Waals surface area contributed by atoms with Gasteiger partial charge in [-0.25, -0.2) is 15.0 Å². The van der Waals surface area contributed by atoms with Gasteiger partial charge in [0, 0.05) is 52.8 Å². The molecular weight excluding hydrogens is 645 g/mol. The zero-order chi connectivity index (χ0) is 33.5. The Labute approximate surface area is 295 Å². The molecule has 0 saturated heterocycles. The third-order valence-electron chi connectivity index (χ3n) is 9.87. The molecule has 0 fully saturated rings. The molecule has 0 amide bonds. The van der Waals surface area contributed by atoms with Gasteiger partial charge in [0.15, 0.2) is 23.1 Å². The number of fused-ring (bicyclic) bond motifs is 9. The van der Waals surface area contributed by atoms with Gasteiger partial charge in [0.2, 0.25) is 0 Å². The third-order valence-corrected chi connectivity index (χ3v) is 11.0. The molecule has 0 aliphatic carbocycles. The van der Waals surface area contributed by atoms with Crippen LogP contribution >= 0.6 is 11.3 Å². The van der Waals surface area contributed by atoms with Crippen LogP contribution < -0.4 is 0 Å². The highest BCUT2D eigenvalue weighted by Crippen LogP contribution is 2.41. The van der Waals surface area contributed by atoms with E-state index in [9.17, 15) is 0 Å². The standard InChI is InChI=1S/C45H26N4OS/c1-2-12-27(13-3-1)43-46-44(28-24-25-32-31-16-6-9-23-39(31)51-40(32)26-28)48-45(47-43)35-19-10-17-33-34-18-11-22-38(42(34)50-41(33)35)49-36-20-7-4-14-29(36)30-15-5-8-21-37(30)49/h1-26H. The van der Waals surface area contributed by atoms with Crippen molar-refractivity contribution in [2.45, 2.75) is 0 Å². The number of hydrogen-bond donors (Lipinski definition) is 0. The molecule has 4 aromatic heterocycles. The third kappa shape index (κ3) is 4.30. The second kappa shape index (κ2) is 10.9. The molecule has 0 aliphatic heterocycles. The van der Waals surface area contributed by atoms with Crippen LogP contribution in [0.4, 0.5) is 0 Å². The topological polar surface area (TPSA) is 56.7 Å². The number of para-hydroxylation sites is 4. The van der Waals surface area contributed by atoms with Crippen LogP contribution in [0.1, 0.15) is 0 Å². The first kappa shape index (κ1) is 28.2. The average molecular weight is 671 g/mol. The van der Waals surface area contributed by atoms with Gasteiger partial charge in [-0.2, -0.15) is 0 Å². The molecule has 0 N–H and O–H groups in total. The van der Waals surface area contributed by atoms with E-state index in [1.165, 1.54) is 30.9 Å². The van der Waals surface area contributed by atoms with Gasteiger partial charge in [-0.1, -0.05) is 121 Å². The summed E-state index contributed by atoms with van der Waals surface area (Å²) in [5.74, 6) is 1.81. The zero-order valence-electron chi connectivity index (χ0n) is 27.1. The first-order chi connectivity index (χ1) is 25.3. The van der Waals surface area contributed by atoms with Crippen molar-refractivity contribution in [1.82, 2.24) is 19.5 Å². The second-order valence-corrected chi connectivity index (χ2v) is 13.9. The zero-order valence-corrected chi connectivity index (χ0v) is 27.9. The van der Waals surface area contributed by atoms with Crippen molar-refractivity contribution in [2.75, 3.05) is 0 Å². The van der Waals surface area contributed by atoms with E-state index in [1.54, 1.807) is 11.3 Å². The molecule has 4 heterocycles. The summed E-state index contributed by atoms with van der Waals surface area (Å²) in [4.78, 5) is 15.3. The van der Waals surface area contributed by atoms with Crippen LogP contribution in [-0.2, 0) is 0 Å². The molecule has 0 aliphatic rings. The van der Waals surface area contributed by atoms with E-state index in [0.717, 1.165) is 55.3 Å². The Balaban J connectivity index is 1.15. The van der Waals surface area contributed by atoms with Crippen molar-refractivity contribution in [2.24, 2.45) is 0 Å². The number of hydrogen-bond acceptors (Lipinski definition) is 5. The van der Waals surface area contributed by atoms with E-state index >= 15 is 0 Å². The Hall–Kier alpha value is -6.63. The molecule has 0 bridgehead atoms. The number of nitrogens with zero attached hydrogens (tertiary/aromatic N) is 4. The van der Waals surface area contributed by atoms with Crippen LogP contribution in [0.5, 0.6) is 0 Å². The lowest BCUT2D eigenvalue weighted by Crippen LogP contribution is -2.00. The van der Waals surface area contributed by atoms with Gasteiger partial charge in [-0.15, -0.1) is 11.3 Å². The van der Waals surface area contributed by atoms with Crippen LogP contribution in [0, 0.1) is 0 Å². The van der Waals surface area contributed by atoms with Crippen molar-refractivity contribution < 1.29 is 4.42 Å². The summed E-state index contributed by atoms with van der Waals surface area (Å²) in [6.45, 7) is 0. The van der Waals surface area contributed by atoms with Gasteiger partial charge in [-0.05, 0) is 36.4 Å². The summed E-state index contributed by atoms with van der Waals surface area (Å²) >= 11 is 1.79. The highest BCUT2D eigenvalue weighted by molar-refractivity contribution is 7.25. The second-order valence-electron chi connectivity index (χ2n) is 12.8. The SMILES string of the molecule is c1ccc(-c2nc(-c3ccc4c(c3)sc3ccccc34)nc(-c3cccc4c3oc3c(-n5c6ccccc6c6ccccc65)cccc34)n2)cc1. The van der Waals surface area contributed by atoms with Crippen LogP contribution in [0.2, 0.25) is 0 Å². The minimum absolute atomic E-state index is 0.568. The minimum Gasteiger partial charge on any atom is -0.453 e. The molecule has 0 spiro atoms. The van der Waals surface area contributed by atoms with Crippen molar-refractivity contribution in [1.29, 1.82) is 0 Å². The average Bonchev–Trinajstić information content (AvgIpc) is 3.87. The van der Waals surface area contributed by atoms with Gasteiger partial charge < -0.3 is 8.98 Å². The summed E-state index contributed by atoms with van der Waals surface area (Å²) in [5.41, 5.74) is 7.52. The normalized spacial score (nSPS) is 11.9. The molecular formula is C45H26N4OS. The van der Waals surface area contributed by atoms with Gasteiger partial charge in [0.25, 0.3) is 0 Å². The van der Waals surface area contributed by atoms with Gasteiger partial charge >= 0.3 is 0 Å². The van der Waals surface area contributed by atoms with Crippen LogP contribution in [0.15, 0.2) is 162 Å². The van der Waals surface area contributed by atoms with Gasteiger partial charge in [0.05, 0.1) is 22.3 Å². The molecule has 11 rings (SSSR count). The Morgan fingerprint density at radius 1 is 0.412 bits per heavy atom. The summed E-state index contributed by atoms with van der Waals surface area (Å²) in [6.07, 6.45) is 0. The highest BCUT2D eigenvalue weighted by atomic mass is 32.1. The molecule has 11 aromatic rings. The van der Waals surface area contributed by atoms with Crippen LogP contribution in [0.25, 0.3) is 104 Å². The fourth-order valence-corrected chi connectivity index (χ4v) is 8.69. The van der Waals surface area contributed by atoms with E-state index in [0.29, 0.717) is 17.5 Å².